The summed E-state index contributed by atoms with van der Waals surface area (Å²) in [5.41, 5.74) is 0. The van der Waals surface area contributed by atoms with Crippen molar-refractivity contribution in [3.63, 3.8) is 0 Å². The quantitative estimate of drug-likeness (QED) is 0.0432. The van der Waals surface area contributed by atoms with Gasteiger partial charge in [0.1, 0.15) is 30.5 Å². The van der Waals surface area contributed by atoms with Gasteiger partial charge in [0.05, 0.1) is 25.4 Å². The van der Waals surface area contributed by atoms with Crippen molar-refractivity contribution in [1.82, 2.24) is 5.32 Å². The number of carbonyl (C=O) groups is 1. The van der Waals surface area contributed by atoms with Crippen LogP contribution < -0.4 is 5.32 Å². The van der Waals surface area contributed by atoms with Gasteiger partial charge in [-0.3, -0.25) is 4.79 Å². The van der Waals surface area contributed by atoms with E-state index in [4.69, 9.17) is 9.47 Å². The predicted molar refractivity (Wildman–Crippen MR) is 190 cm³/mol. The second kappa shape index (κ2) is 29.8. The van der Waals surface area contributed by atoms with Crippen LogP contribution in [0, 0.1) is 0 Å². The fourth-order valence-corrected chi connectivity index (χ4v) is 6.46. The molecule has 0 radical (unpaired) electrons. The second-order valence-corrected chi connectivity index (χ2v) is 14.2. The molecule has 0 spiro atoms. The first-order valence-corrected chi connectivity index (χ1v) is 19.8. The van der Waals surface area contributed by atoms with Crippen LogP contribution in [-0.4, -0.2) is 98.7 Å². The maximum atomic E-state index is 12.9. The van der Waals surface area contributed by atoms with Crippen molar-refractivity contribution in [2.75, 3.05) is 13.2 Å². The molecule has 0 aromatic rings. The molecule has 1 rings (SSSR count). The van der Waals surface area contributed by atoms with Crippen LogP contribution in [-0.2, 0) is 14.3 Å². The molecular weight excluding hydrogens is 614 g/mol. The molecule has 0 saturated carbocycles. The van der Waals surface area contributed by atoms with Crippen LogP contribution in [0.4, 0.5) is 0 Å². The second-order valence-electron chi connectivity index (χ2n) is 14.2. The highest BCUT2D eigenvalue weighted by Gasteiger charge is 2.44. The van der Waals surface area contributed by atoms with Crippen LogP contribution in [0.3, 0.4) is 0 Å². The maximum absolute atomic E-state index is 12.9. The third-order valence-electron chi connectivity index (χ3n) is 9.82. The van der Waals surface area contributed by atoms with Crippen molar-refractivity contribution in [2.24, 2.45) is 0 Å². The van der Waals surface area contributed by atoms with Gasteiger partial charge in [0.15, 0.2) is 6.29 Å². The Labute approximate surface area is 292 Å². The van der Waals surface area contributed by atoms with Gasteiger partial charge in [0.2, 0.25) is 5.91 Å². The Balaban J connectivity index is 2.48. The van der Waals surface area contributed by atoms with Crippen LogP contribution in [0.5, 0.6) is 0 Å². The van der Waals surface area contributed by atoms with Gasteiger partial charge in [-0.1, -0.05) is 162 Å². The third-order valence-corrected chi connectivity index (χ3v) is 9.82. The molecule has 0 aliphatic carbocycles. The molecule has 0 bridgehead atoms. The SMILES string of the molecule is CCCCCCCCCCCCCCC[C@@H](O)[C@H](CO[C@H]1O[C@H](CO)[C@H](O)[C@H](O)[C@H]1O)NC(=O)[C@@H](O)CCCCCCCCCCCC. The fraction of sp³-hybridized carbons (Fsp3) is 0.974. The number of rotatable bonds is 32. The van der Waals surface area contributed by atoms with Gasteiger partial charge in [-0.15, -0.1) is 0 Å². The first-order chi connectivity index (χ1) is 23.3. The maximum Gasteiger partial charge on any atom is 0.249 e. The van der Waals surface area contributed by atoms with E-state index >= 15 is 0 Å². The van der Waals surface area contributed by atoms with Crippen LogP contribution >= 0.6 is 0 Å². The van der Waals surface area contributed by atoms with E-state index in [0.29, 0.717) is 12.8 Å². The molecular formula is C38H75NO9. The van der Waals surface area contributed by atoms with Crippen molar-refractivity contribution in [1.29, 1.82) is 0 Å². The first-order valence-electron chi connectivity index (χ1n) is 19.8. The monoisotopic (exact) mass is 690 g/mol. The van der Waals surface area contributed by atoms with Crippen molar-refractivity contribution in [2.45, 2.75) is 223 Å². The molecule has 1 aliphatic heterocycles. The Morgan fingerprint density at radius 1 is 0.625 bits per heavy atom. The molecule has 0 unspecified atom stereocenters. The lowest BCUT2D eigenvalue weighted by Gasteiger charge is -2.40. The largest absolute Gasteiger partial charge is 0.394 e. The zero-order valence-corrected chi connectivity index (χ0v) is 30.6. The first kappa shape index (κ1) is 45.2. The van der Waals surface area contributed by atoms with Crippen molar-refractivity contribution >= 4 is 5.91 Å². The number of unbranched alkanes of at least 4 members (excludes halogenated alkanes) is 21. The summed E-state index contributed by atoms with van der Waals surface area (Å²) >= 11 is 0. The van der Waals surface area contributed by atoms with Crippen molar-refractivity contribution in [3.05, 3.63) is 0 Å². The summed E-state index contributed by atoms with van der Waals surface area (Å²) in [4.78, 5) is 12.9. The van der Waals surface area contributed by atoms with Gasteiger partial charge >= 0.3 is 0 Å². The summed E-state index contributed by atoms with van der Waals surface area (Å²) in [5, 5.41) is 64.4. The van der Waals surface area contributed by atoms with E-state index in [0.717, 1.165) is 51.4 Å². The van der Waals surface area contributed by atoms with Crippen LogP contribution in [0.2, 0.25) is 0 Å². The summed E-state index contributed by atoms with van der Waals surface area (Å²) < 4.78 is 11.1. The van der Waals surface area contributed by atoms with Crippen LogP contribution in [0.25, 0.3) is 0 Å². The topological polar surface area (TPSA) is 169 Å². The number of hydrogen-bond acceptors (Lipinski definition) is 9. The van der Waals surface area contributed by atoms with E-state index in [2.05, 4.69) is 19.2 Å². The summed E-state index contributed by atoms with van der Waals surface area (Å²) in [5.74, 6) is -0.585. The molecule has 8 atom stereocenters. The normalized spacial score (nSPS) is 23.2. The summed E-state index contributed by atoms with van der Waals surface area (Å²) in [6, 6.07) is -0.885. The van der Waals surface area contributed by atoms with Gasteiger partial charge in [-0.2, -0.15) is 0 Å². The van der Waals surface area contributed by atoms with Crippen LogP contribution in [0.1, 0.15) is 174 Å². The number of hydrogen-bond donors (Lipinski definition) is 7. The van der Waals surface area contributed by atoms with Crippen LogP contribution in [0.15, 0.2) is 0 Å². The van der Waals surface area contributed by atoms with Gasteiger partial charge in [0, 0.05) is 0 Å². The molecule has 1 saturated heterocycles. The molecule has 1 heterocycles. The number of carbonyl (C=O) groups excluding carboxylic acids is 1. The highest BCUT2D eigenvalue weighted by Crippen LogP contribution is 2.23. The summed E-state index contributed by atoms with van der Waals surface area (Å²) in [6.07, 6.45) is 18.7. The lowest BCUT2D eigenvalue weighted by molar-refractivity contribution is -0.302. The number of aliphatic hydroxyl groups is 6. The highest BCUT2D eigenvalue weighted by molar-refractivity contribution is 5.80. The lowest BCUT2D eigenvalue weighted by Crippen LogP contribution is -2.60. The molecule has 48 heavy (non-hydrogen) atoms. The van der Waals surface area contributed by atoms with Crippen molar-refractivity contribution in [3.8, 4) is 0 Å². The average molecular weight is 690 g/mol. The Morgan fingerprint density at radius 2 is 1.04 bits per heavy atom. The molecule has 10 nitrogen and oxygen atoms in total. The number of amides is 1. The fourth-order valence-electron chi connectivity index (χ4n) is 6.46. The Bertz CT molecular complexity index is 743. The van der Waals surface area contributed by atoms with Gasteiger partial charge < -0.3 is 45.4 Å². The molecule has 286 valence electrons. The average Bonchev–Trinajstić information content (AvgIpc) is 3.08. The highest BCUT2D eigenvalue weighted by atomic mass is 16.7. The molecule has 10 heteroatoms. The smallest absolute Gasteiger partial charge is 0.249 e. The summed E-state index contributed by atoms with van der Waals surface area (Å²) in [6.45, 7) is 3.62. The van der Waals surface area contributed by atoms with Gasteiger partial charge in [-0.25, -0.2) is 0 Å². The minimum absolute atomic E-state index is 0.251. The zero-order valence-electron chi connectivity index (χ0n) is 30.6. The zero-order chi connectivity index (χ0) is 35.4. The summed E-state index contributed by atoms with van der Waals surface area (Å²) in [7, 11) is 0. The molecule has 1 aliphatic rings. The Kier molecular flexibility index (Phi) is 28.1. The minimum Gasteiger partial charge on any atom is -0.394 e. The Morgan fingerprint density at radius 3 is 1.48 bits per heavy atom. The molecule has 0 aromatic heterocycles. The number of aliphatic hydroxyl groups excluding tert-OH is 6. The number of nitrogens with one attached hydrogen (secondary N) is 1. The van der Waals surface area contributed by atoms with E-state index in [1.54, 1.807) is 0 Å². The van der Waals surface area contributed by atoms with Gasteiger partial charge in [-0.05, 0) is 12.8 Å². The van der Waals surface area contributed by atoms with Crippen molar-refractivity contribution < 1.29 is 44.9 Å². The van der Waals surface area contributed by atoms with E-state index in [1.807, 2.05) is 0 Å². The van der Waals surface area contributed by atoms with E-state index in [1.165, 1.54) is 96.3 Å². The Hall–Kier alpha value is -0.850. The lowest BCUT2D eigenvalue weighted by atomic mass is 9.99. The molecule has 0 aromatic carbocycles. The van der Waals surface area contributed by atoms with E-state index < -0.39 is 61.5 Å². The van der Waals surface area contributed by atoms with E-state index in [-0.39, 0.29) is 6.61 Å². The molecule has 1 fully saturated rings. The minimum atomic E-state index is -1.59. The van der Waals surface area contributed by atoms with E-state index in [9.17, 15) is 35.4 Å². The molecule has 7 N–H and O–H groups in total. The predicted octanol–water partition coefficient (Wildman–Crippen LogP) is 5.80. The van der Waals surface area contributed by atoms with Gasteiger partial charge in [0.25, 0.3) is 0 Å². The number of ether oxygens (including phenoxy) is 2. The standard InChI is InChI=1S/C38H75NO9/c1-3-5-7-9-11-13-15-16-17-19-20-22-24-26-31(41)30(29-47-38-36(45)35(44)34(43)33(28-40)48-38)39-37(46)32(42)27-25-23-21-18-14-12-10-8-6-4-2/h30-36,38,40-45H,3-29H2,1-2H3,(H,39,46)/t30-,31+,32-,33+,34-,35-,36+,38-/m0/s1. The third kappa shape index (κ3) is 20.7. The molecule has 1 amide bonds.